The number of fused-ring (bicyclic) bond motifs is 2. The first-order valence-corrected chi connectivity index (χ1v) is 11.3. The number of phenols is 1. The van der Waals surface area contributed by atoms with Gasteiger partial charge < -0.3 is 10.0 Å². The van der Waals surface area contributed by atoms with Gasteiger partial charge in [-0.1, -0.05) is 54.2 Å². The first-order valence-electron chi connectivity index (χ1n) is 9.62. The van der Waals surface area contributed by atoms with E-state index in [-0.39, 0.29) is 11.7 Å². The Morgan fingerprint density at radius 2 is 1.77 bits per heavy atom. The zero-order valence-electron chi connectivity index (χ0n) is 16.5. The van der Waals surface area contributed by atoms with E-state index in [1.54, 1.807) is 22.7 Å². The number of carbonyl (C=O) groups excluding carboxylic acids is 1. The topological polar surface area (TPSA) is 56.1 Å². The lowest BCUT2D eigenvalue weighted by Gasteiger charge is -2.15. The maximum atomic E-state index is 13.2. The molecular formula is C23H19N3O2S2. The van der Waals surface area contributed by atoms with Crippen LogP contribution in [0.15, 0.2) is 80.5 Å². The van der Waals surface area contributed by atoms with Crippen LogP contribution >= 0.6 is 23.5 Å². The average Bonchev–Trinajstić information content (AvgIpc) is 3.26. The third kappa shape index (κ3) is 2.97. The van der Waals surface area contributed by atoms with Crippen molar-refractivity contribution < 1.29 is 9.90 Å². The first kappa shape index (κ1) is 19.1. The summed E-state index contributed by atoms with van der Waals surface area (Å²) in [5.74, 6) is 0.0503. The summed E-state index contributed by atoms with van der Waals surface area (Å²) in [5, 5.41) is 13.8. The highest BCUT2D eigenvalue weighted by Crippen LogP contribution is 2.50. The van der Waals surface area contributed by atoms with Gasteiger partial charge in [-0.05, 0) is 42.3 Å². The van der Waals surface area contributed by atoms with E-state index in [0.29, 0.717) is 22.3 Å². The number of para-hydroxylation sites is 1. The molecule has 0 aliphatic carbocycles. The van der Waals surface area contributed by atoms with Crippen LogP contribution in [-0.2, 0) is 4.79 Å². The van der Waals surface area contributed by atoms with Crippen molar-refractivity contribution in [1.82, 2.24) is 4.90 Å². The molecule has 0 atom stereocenters. The Kier molecular flexibility index (Phi) is 4.72. The van der Waals surface area contributed by atoms with Crippen LogP contribution in [-0.4, -0.2) is 34.7 Å². The Labute approximate surface area is 183 Å². The fraction of sp³-hybridized carbons (Fsp3) is 0.130. The molecule has 0 unspecified atom stereocenters. The van der Waals surface area contributed by atoms with Gasteiger partial charge in [0.25, 0.3) is 5.91 Å². The Balaban J connectivity index is 1.61. The van der Waals surface area contributed by atoms with E-state index in [1.165, 1.54) is 11.8 Å². The van der Waals surface area contributed by atoms with Gasteiger partial charge in [-0.15, -0.1) is 0 Å². The van der Waals surface area contributed by atoms with Gasteiger partial charge in [-0.25, -0.2) is 4.99 Å². The number of phenolic OH excluding ortho intramolecular Hbond substituents is 1. The summed E-state index contributed by atoms with van der Waals surface area (Å²) in [5.41, 5.74) is 1.59. The maximum absolute atomic E-state index is 13.2. The van der Waals surface area contributed by atoms with Crippen molar-refractivity contribution in [3.05, 3.63) is 70.6 Å². The number of benzene rings is 3. The molecule has 0 bridgehead atoms. The van der Waals surface area contributed by atoms with Crippen molar-refractivity contribution in [2.75, 3.05) is 18.5 Å². The molecular weight excluding hydrogens is 414 g/mol. The fourth-order valence-corrected chi connectivity index (χ4v) is 6.05. The molecule has 0 spiro atoms. The Bertz CT molecular complexity index is 1250. The van der Waals surface area contributed by atoms with Crippen LogP contribution in [0, 0.1) is 0 Å². The third-order valence-electron chi connectivity index (χ3n) is 5.20. The first-order chi connectivity index (χ1) is 14.6. The summed E-state index contributed by atoms with van der Waals surface area (Å²) in [4.78, 5) is 23.5. The van der Waals surface area contributed by atoms with Crippen molar-refractivity contribution in [1.29, 1.82) is 0 Å². The Hall–Kier alpha value is -2.90. The van der Waals surface area contributed by atoms with Crippen LogP contribution in [0.5, 0.6) is 5.75 Å². The summed E-state index contributed by atoms with van der Waals surface area (Å²) >= 11 is 2.97. The van der Waals surface area contributed by atoms with Crippen LogP contribution in [0.4, 0.5) is 11.4 Å². The van der Waals surface area contributed by atoms with Crippen molar-refractivity contribution in [2.45, 2.75) is 11.8 Å². The number of rotatable bonds is 2. The predicted octanol–water partition coefficient (Wildman–Crippen LogP) is 5.54. The SMILES string of the molecule is CCN1C(=O)/C(=C2/Sc3ccccc3N2C)SC1=Nc1c(O)ccc2ccccc12. The highest BCUT2D eigenvalue weighted by molar-refractivity contribution is 8.19. The van der Waals surface area contributed by atoms with Gasteiger partial charge >= 0.3 is 0 Å². The summed E-state index contributed by atoms with van der Waals surface area (Å²) in [6.07, 6.45) is 0. The van der Waals surface area contributed by atoms with Gasteiger partial charge in [0.2, 0.25) is 0 Å². The van der Waals surface area contributed by atoms with E-state index in [2.05, 4.69) is 17.0 Å². The number of aliphatic imine (C=N–C) groups is 1. The third-order valence-corrected chi connectivity index (χ3v) is 7.63. The van der Waals surface area contributed by atoms with Crippen molar-refractivity contribution >= 4 is 56.7 Å². The van der Waals surface area contributed by atoms with Crippen LogP contribution in [0.1, 0.15) is 6.92 Å². The molecule has 2 heterocycles. The van der Waals surface area contributed by atoms with E-state index in [1.807, 2.05) is 56.4 Å². The molecule has 2 aliphatic heterocycles. The molecule has 0 aromatic heterocycles. The predicted molar refractivity (Wildman–Crippen MR) is 125 cm³/mol. The second kappa shape index (κ2) is 7.41. The van der Waals surface area contributed by atoms with Crippen molar-refractivity contribution in [2.24, 2.45) is 4.99 Å². The number of anilines is 1. The standard InChI is InChI=1S/C23H19N3O2S2/c1-3-26-21(28)20(22-25(2)16-10-6-7-11-18(16)29-22)30-23(26)24-19-15-9-5-4-8-14(15)12-13-17(19)27/h4-13,27H,3H2,1-2H3/b22-20-,24-23?. The van der Waals surface area contributed by atoms with Gasteiger partial charge in [-0.2, -0.15) is 0 Å². The minimum Gasteiger partial charge on any atom is -0.506 e. The highest BCUT2D eigenvalue weighted by Gasteiger charge is 2.38. The van der Waals surface area contributed by atoms with Gasteiger partial charge in [0.1, 0.15) is 16.3 Å². The van der Waals surface area contributed by atoms with E-state index >= 15 is 0 Å². The smallest absolute Gasteiger partial charge is 0.269 e. The zero-order chi connectivity index (χ0) is 20.8. The highest BCUT2D eigenvalue weighted by atomic mass is 32.2. The van der Waals surface area contributed by atoms with E-state index in [4.69, 9.17) is 4.99 Å². The number of amides is 1. The monoisotopic (exact) mass is 433 g/mol. The molecule has 2 aliphatic rings. The summed E-state index contributed by atoms with van der Waals surface area (Å²) in [6.45, 7) is 2.44. The van der Waals surface area contributed by atoms with Crippen LogP contribution in [0.3, 0.4) is 0 Å². The molecule has 0 radical (unpaired) electrons. The summed E-state index contributed by atoms with van der Waals surface area (Å²) in [7, 11) is 1.98. The normalized spacial score (nSPS) is 19.9. The van der Waals surface area contributed by atoms with E-state index < -0.39 is 0 Å². The number of amidine groups is 1. The lowest BCUT2D eigenvalue weighted by atomic mass is 10.1. The summed E-state index contributed by atoms with van der Waals surface area (Å²) in [6, 6.07) is 19.4. The maximum Gasteiger partial charge on any atom is 0.269 e. The second-order valence-electron chi connectivity index (χ2n) is 6.96. The molecule has 0 saturated carbocycles. The molecule has 1 saturated heterocycles. The van der Waals surface area contributed by atoms with Gasteiger partial charge in [0, 0.05) is 23.9 Å². The van der Waals surface area contributed by atoms with E-state index in [9.17, 15) is 9.90 Å². The Morgan fingerprint density at radius 1 is 1.00 bits per heavy atom. The minimum absolute atomic E-state index is 0.0527. The largest absolute Gasteiger partial charge is 0.506 e. The lowest BCUT2D eigenvalue weighted by Crippen LogP contribution is -2.29. The molecule has 3 aromatic rings. The molecule has 1 amide bonds. The molecule has 1 N–H and O–H groups in total. The van der Waals surface area contributed by atoms with Crippen LogP contribution < -0.4 is 4.90 Å². The number of thioether (sulfide) groups is 2. The Morgan fingerprint density at radius 3 is 2.57 bits per heavy atom. The minimum atomic E-state index is -0.0527. The molecule has 1 fully saturated rings. The second-order valence-corrected chi connectivity index (χ2v) is 8.97. The fourth-order valence-electron chi connectivity index (χ4n) is 3.65. The quantitative estimate of drug-likeness (QED) is 0.538. The van der Waals surface area contributed by atoms with Gasteiger partial charge in [0.15, 0.2) is 5.17 Å². The number of carbonyl (C=O) groups is 1. The number of likely N-dealkylation sites (N-methyl/N-ethyl adjacent to an activating group) is 1. The van der Waals surface area contributed by atoms with Crippen LogP contribution in [0.25, 0.3) is 10.8 Å². The number of nitrogens with zero attached hydrogens (tertiary/aromatic N) is 3. The number of aromatic hydroxyl groups is 1. The summed E-state index contributed by atoms with van der Waals surface area (Å²) < 4.78 is 0. The molecule has 3 aromatic carbocycles. The molecule has 5 rings (SSSR count). The van der Waals surface area contributed by atoms with Crippen molar-refractivity contribution in [3.8, 4) is 5.75 Å². The molecule has 150 valence electrons. The lowest BCUT2D eigenvalue weighted by molar-refractivity contribution is -0.122. The molecule has 30 heavy (non-hydrogen) atoms. The van der Waals surface area contributed by atoms with E-state index in [0.717, 1.165) is 26.4 Å². The number of hydrogen-bond donors (Lipinski definition) is 1. The van der Waals surface area contributed by atoms with Crippen molar-refractivity contribution in [3.63, 3.8) is 0 Å². The van der Waals surface area contributed by atoms with Gasteiger partial charge in [-0.3, -0.25) is 9.69 Å². The number of hydrogen-bond acceptors (Lipinski definition) is 6. The van der Waals surface area contributed by atoms with Crippen LogP contribution in [0.2, 0.25) is 0 Å². The molecule has 5 nitrogen and oxygen atoms in total. The molecule has 7 heteroatoms. The van der Waals surface area contributed by atoms with Gasteiger partial charge in [0.05, 0.1) is 10.7 Å². The average molecular weight is 434 g/mol. The zero-order valence-corrected chi connectivity index (χ0v) is 18.1.